The Morgan fingerprint density at radius 3 is 2.73 bits per heavy atom. The van der Waals surface area contributed by atoms with Gasteiger partial charge >= 0.3 is 0 Å². The number of benzene rings is 1. The molecule has 1 atom stereocenters. The van der Waals surface area contributed by atoms with E-state index in [9.17, 15) is 9.59 Å². The maximum atomic E-state index is 12.7. The van der Waals surface area contributed by atoms with Gasteiger partial charge in [-0.2, -0.15) is 0 Å². The molecule has 2 amide bonds. The maximum Gasteiger partial charge on any atom is 0.245 e. The summed E-state index contributed by atoms with van der Waals surface area (Å²) < 4.78 is 5.29. The molecule has 1 saturated heterocycles. The van der Waals surface area contributed by atoms with E-state index < -0.39 is 5.54 Å². The molecule has 1 aliphatic heterocycles. The highest BCUT2D eigenvalue weighted by atomic mass is 32.2. The number of nitrogens with zero attached hydrogens (tertiary/aromatic N) is 1. The Morgan fingerprint density at radius 2 is 2.08 bits per heavy atom. The van der Waals surface area contributed by atoms with Crippen LogP contribution in [0.5, 0.6) is 0 Å². The van der Waals surface area contributed by atoms with E-state index in [1.165, 1.54) is 10.5 Å². The average Bonchev–Trinajstić information content (AvgIpc) is 2.95. The zero-order chi connectivity index (χ0) is 19.0. The number of ether oxygens (including phenoxy) is 1. The van der Waals surface area contributed by atoms with Crippen LogP contribution in [0.1, 0.15) is 38.7 Å². The zero-order valence-electron chi connectivity index (χ0n) is 16.0. The summed E-state index contributed by atoms with van der Waals surface area (Å²) in [7, 11) is 0. The van der Waals surface area contributed by atoms with E-state index in [-0.39, 0.29) is 11.8 Å². The van der Waals surface area contributed by atoms with Crippen LogP contribution in [0.4, 0.5) is 0 Å². The first-order valence-corrected chi connectivity index (χ1v) is 10.5. The average molecular weight is 379 g/mol. The Balaban J connectivity index is 1.91. The smallest absolute Gasteiger partial charge is 0.245 e. The fraction of sp³-hybridized carbons (Fsp3) is 0.600. The van der Waals surface area contributed by atoms with E-state index in [4.69, 9.17) is 4.74 Å². The molecule has 0 saturated carbocycles. The normalized spacial score (nSPS) is 19.8. The Kier molecular flexibility index (Phi) is 7.97. The first kappa shape index (κ1) is 20.8. The number of thioether (sulfide) groups is 1. The van der Waals surface area contributed by atoms with Crippen LogP contribution in [0, 0.1) is 0 Å². The SMILES string of the molecule is CCOCCCNC(=O)C1(C)CCC(=O)N1CCc1ccc(SC)cc1. The van der Waals surface area contributed by atoms with Crippen molar-refractivity contribution in [1.82, 2.24) is 10.2 Å². The summed E-state index contributed by atoms with van der Waals surface area (Å²) in [5.74, 6) is 0.00952. The summed E-state index contributed by atoms with van der Waals surface area (Å²) in [5, 5.41) is 2.97. The molecule has 1 fully saturated rings. The molecule has 5 nitrogen and oxygen atoms in total. The van der Waals surface area contributed by atoms with Gasteiger partial charge in [0.1, 0.15) is 5.54 Å². The lowest BCUT2D eigenvalue weighted by atomic mass is 9.97. The standard InChI is InChI=1S/C20H30N2O3S/c1-4-25-15-5-13-21-19(24)20(2)12-10-18(23)22(20)14-11-16-6-8-17(26-3)9-7-16/h6-9H,4-5,10-15H2,1-3H3,(H,21,24). The van der Waals surface area contributed by atoms with Crippen LogP contribution in [0.25, 0.3) is 0 Å². The highest BCUT2D eigenvalue weighted by Crippen LogP contribution is 2.30. The van der Waals surface area contributed by atoms with Crippen molar-refractivity contribution >= 4 is 23.6 Å². The van der Waals surface area contributed by atoms with Crippen LogP contribution in [-0.4, -0.2) is 54.8 Å². The van der Waals surface area contributed by atoms with Crippen molar-refractivity contribution in [2.24, 2.45) is 0 Å². The Hall–Kier alpha value is -1.53. The van der Waals surface area contributed by atoms with Gasteiger partial charge in [0.05, 0.1) is 0 Å². The molecule has 1 heterocycles. The van der Waals surface area contributed by atoms with E-state index in [2.05, 4.69) is 35.8 Å². The van der Waals surface area contributed by atoms with E-state index in [1.807, 2.05) is 13.8 Å². The summed E-state index contributed by atoms with van der Waals surface area (Å²) in [6.07, 6.45) is 4.61. The molecule has 0 radical (unpaired) electrons. The van der Waals surface area contributed by atoms with Crippen molar-refractivity contribution < 1.29 is 14.3 Å². The second kappa shape index (κ2) is 9.97. The van der Waals surface area contributed by atoms with Crippen LogP contribution < -0.4 is 5.32 Å². The molecular formula is C20H30N2O3S. The molecule has 0 spiro atoms. The minimum Gasteiger partial charge on any atom is -0.382 e. The summed E-state index contributed by atoms with van der Waals surface area (Å²) in [5.41, 5.74) is 0.434. The van der Waals surface area contributed by atoms with Gasteiger partial charge in [0.25, 0.3) is 0 Å². The first-order valence-electron chi connectivity index (χ1n) is 9.30. The van der Waals surface area contributed by atoms with E-state index in [1.54, 1.807) is 16.7 Å². The molecule has 1 aromatic rings. The molecule has 1 N–H and O–H groups in total. The molecule has 26 heavy (non-hydrogen) atoms. The van der Waals surface area contributed by atoms with Crippen molar-refractivity contribution in [3.05, 3.63) is 29.8 Å². The lowest BCUT2D eigenvalue weighted by Crippen LogP contribution is -2.55. The summed E-state index contributed by atoms with van der Waals surface area (Å²) in [6, 6.07) is 8.38. The van der Waals surface area contributed by atoms with Gasteiger partial charge in [-0.1, -0.05) is 12.1 Å². The molecule has 0 aromatic heterocycles. The number of nitrogens with one attached hydrogen (secondary N) is 1. The van der Waals surface area contributed by atoms with E-state index in [0.717, 1.165) is 12.8 Å². The van der Waals surface area contributed by atoms with E-state index >= 15 is 0 Å². The quantitative estimate of drug-likeness (QED) is 0.502. The summed E-state index contributed by atoms with van der Waals surface area (Å²) in [4.78, 5) is 28.0. The van der Waals surface area contributed by atoms with Gasteiger partial charge < -0.3 is 15.0 Å². The largest absolute Gasteiger partial charge is 0.382 e. The lowest BCUT2D eigenvalue weighted by molar-refractivity contribution is -0.140. The first-order chi connectivity index (χ1) is 12.5. The van der Waals surface area contributed by atoms with Crippen LogP contribution in [0.3, 0.4) is 0 Å². The number of carbonyl (C=O) groups is 2. The monoisotopic (exact) mass is 378 g/mol. The van der Waals surface area contributed by atoms with Gasteiger partial charge in [0, 0.05) is 37.6 Å². The topological polar surface area (TPSA) is 58.6 Å². The second-order valence-corrected chi connectivity index (χ2v) is 7.60. The molecule has 6 heteroatoms. The van der Waals surface area contributed by atoms with Crippen LogP contribution in [-0.2, 0) is 20.7 Å². The lowest BCUT2D eigenvalue weighted by Gasteiger charge is -2.34. The second-order valence-electron chi connectivity index (χ2n) is 6.72. The van der Waals surface area contributed by atoms with Crippen molar-refractivity contribution in [2.45, 2.75) is 50.0 Å². The summed E-state index contributed by atoms with van der Waals surface area (Å²) in [6.45, 7) is 6.31. The number of hydrogen-bond donors (Lipinski definition) is 1. The van der Waals surface area contributed by atoms with Crippen LogP contribution in [0.2, 0.25) is 0 Å². The molecule has 0 bridgehead atoms. The number of hydrogen-bond acceptors (Lipinski definition) is 4. The Labute approximate surface area is 160 Å². The van der Waals surface area contributed by atoms with Gasteiger partial charge in [-0.05, 0) is 57.1 Å². The fourth-order valence-corrected chi connectivity index (χ4v) is 3.66. The molecule has 144 valence electrons. The van der Waals surface area contributed by atoms with Crippen molar-refractivity contribution in [3.8, 4) is 0 Å². The Bertz CT molecular complexity index is 606. The maximum absolute atomic E-state index is 12.7. The molecule has 1 unspecified atom stereocenters. The third-order valence-corrected chi connectivity index (χ3v) is 5.69. The van der Waals surface area contributed by atoms with Crippen LogP contribution >= 0.6 is 11.8 Å². The van der Waals surface area contributed by atoms with Crippen molar-refractivity contribution in [3.63, 3.8) is 0 Å². The predicted octanol–water partition coefficient (Wildman–Crippen LogP) is 2.87. The number of carbonyl (C=O) groups excluding carboxylic acids is 2. The number of amides is 2. The van der Waals surface area contributed by atoms with Gasteiger partial charge in [-0.25, -0.2) is 0 Å². The molecule has 0 aliphatic carbocycles. The van der Waals surface area contributed by atoms with Gasteiger partial charge in [-0.3, -0.25) is 9.59 Å². The van der Waals surface area contributed by atoms with Crippen LogP contribution in [0.15, 0.2) is 29.2 Å². The fourth-order valence-electron chi connectivity index (χ4n) is 3.25. The highest BCUT2D eigenvalue weighted by molar-refractivity contribution is 7.98. The van der Waals surface area contributed by atoms with Gasteiger partial charge in [-0.15, -0.1) is 11.8 Å². The third-order valence-electron chi connectivity index (χ3n) is 4.95. The molecule has 1 aliphatic rings. The predicted molar refractivity (Wildman–Crippen MR) is 105 cm³/mol. The van der Waals surface area contributed by atoms with Crippen molar-refractivity contribution in [2.75, 3.05) is 32.6 Å². The number of rotatable bonds is 10. The number of likely N-dealkylation sites (tertiary alicyclic amines) is 1. The molecule has 2 rings (SSSR count). The van der Waals surface area contributed by atoms with Gasteiger partial charge in [0.2, 0.25) is 11.8 Å². The highest BCUT2D eigenvalue weighted by Gasteiger charge is 2.46. The zero-order valence-corrected chi connectivity index (χ0v) is 16.9. The van der Waals surface area contributed by atoms with Crippen molar-refractivity contribution in [1.29, 1.82) is 0 Å². The summed E-state index contributed by atoms with van der Waals surface area (Å²) >= 11 is 1.71. The van der Waals surface area contributed by atoms with E-state index in [0.29, 0.717) is 39.1 Å². The minimum atomic E-state index is -0.748. The molecular weight excluding hydrogens is 348 g/mol. The Morgan fingerprint density at radius 1 is 1.35 bits per heavy atom. The minimum absolute atomic E-state index is 0.0578. The van der Waals surface area contributed by atoms with Gasteiger partial charge in [0.15, 0.2) is 0 Å². The molecule has 1 aromatic carbocycles. The third kappa shape index (κ3) is 5.24.